The van der Waals surface area contributed by atoms with Gasteiger partial charge in [-0.15, -0.1) is 0 Å². The van der Waals surface area contributed by atoms with Crippen LogP contribution in [0.15, 0.2) is 79.6 Å². The molecule has 1 aliphatic rings. The van der Waals surface area contributed by atoms with E-state index < -0.39 is 0 Å². The lowest BCUT2D eigenvalue weighted by Gasteiger charge is -2.10. The van der Waals surface area contributed by atoms with Crippen molar-refractivity contribution in [2.24, 2.45) is 0 Å². The molecule has 0 bridgehead atoms. The molecule has 1 N–H and O–H groups in total. The molecule has 0 atom stereocenters. The van der Waals surface area contributed by atoms with Gasteiger partial charge in [0.05, 0.1) is 18.2 Å². The normalized spacial score (nSPS) is 13.2. The minimum Gasteiger partial charge on any atom is -0.328 e. The fourth-order valence-corrected chi connectivity index (χ4v) is 3.39. The van der Waals surface area contributed by atoms with Crippen LogP contribution in [0.3, 0.4) is 0 Å². The van der Waals surface area contributed by atoms with Crippen LogP contribution in [0.4, 0.5) is 5.69 Å². The molecule has 1 aromatic carbocycles. The fourth-order valence-electron chi connectivity index (χ4n) is 3.39. The average Bonchev–Trinajstić information content (AvgIpc) is 3.50. The highest BCUT2D eigenvalue weighted by atomic mass is 16.1. The number of benzene rings is 1. The summed E-state index contributed by atoms with van der Waals surface area (Å²) in [4.78, 5) is 25.4. The van der Waals surface area contributed by atoms with E-state index in [9.17, 15) is 4.79 Å². The van der Waals surface area contributed by atoms with Crippen molar-refractivity contribution < 1.29 is 4.79 Å². The van der Waals surface area contributed by atoms with E-state index in [0.717, 1.165) is 28.1 Å². The Bertz CT molecular complexity index is 1160. The molecule has 4 aromatic rings. The number of carbonyl (C=O) groups is 1. The van der Waals surface area contributed by atoms with E-state index in [1.807, 2.05) is 55.0 Å². The summed E-state index contributed by atoms with van der Waals surface area (Å²) in [7, 11) is 0. The summed E-state index contributed by atoms with van der Waals surface area (Å²) in [5.41, 5.74) is 5.04. The molecule has 1 saturated carbocycles. The molecule has 0 spiro atoms. The number of carbonyl (C=O) groups excluding carboxylic acids is 1. The maximum Gasteiger partial charge on any atom is 0.274 e. The van der Waals surface area contributed by atoms with Crippen molar-refractivity contribution in [1.82, 2.24) is 19.5 Å². The third-order valence-electron chi connectivity index (χ3n) is 5.01. The first-order chi connectivity index (χ1) is 14.3. The molecule has 0 radical (unpaired) electrons. The molecule has 1 fully saturated rings. The highest BCUT2D eigenvalue weighted by molar-refractivity contribution is 6.03. The van der Waals surface area contributed by atoms with Crippen molar-refractivity contribution in [3.63, 3.8) is 0 Å². The second-order valence-electron chi connectivity index (χ2n) is 7.12. The molecular formula is C23H19N5O. The maximum atomic E-state index is 12.8. The van der Waals surface area contributed by atoms with Gasteiger partial charge in [0.25, 0.3) is 5.91 Å². The first kappa shape index (κ1) is 17.3. The molecule has 6 heteroatoms. The summed E-state index contributed by atoms with van der Waals surface area (Å²) < 4.78 is 2.21. The largest absolute Gasteiger partial charge is 0.328 e. The SMILES string of the molecule is O=C(Nc1cccc(-c2cncn2C2CC2)c1)c1cc(-c2cccnc2)ccn1. The lowest BCUT2D eigenvalue weighted by atomic mass is 10.1. The molecule has 6 nitrogen and oxygen atoms in total. The molecule has 142 valence electrons. The molecule has 0 aliphatic heterocycles. The predicted octanol–water partition coefficient (Wildman–Crippen LogP) is 4.59. The van der Waals surface area contributed by atoms with Crippen LogP contribution in [-0.4, -0.2) is 25.4 Å². The Morgan fingerprint density at radius 1 is 0.931 bits per heavy atom. The molecule has 3 aromatic heterocycles. The van der Waals surface area contributed by atoms with E-state index in [4.69, 9.17) is 0 Å². The Labute approximate surface area is 168 Å². The van der Waals surface area contributed by atoms with Crippen LogP contribution in [0.1, 0.15) is 29.4 Å². The number of imidazole rings is 1. The van der Waals surface area contributed by atoms with Gasteiger partial charge in [0.2, 0.25) is 0 Å². The van der Waals surface area contributed by atoms with E-state index in [-0.39, 0.29) is 5.91 Å². The molecule has 0 saturated heterocycles. The van der Waals surface area contributed by atoms with Crippen molar-refractivity contribution in [3.05, 3.63) is 85.3 Å². The van der Waals surface area contributed by atoms with E-state index in [1.165, 1.54) is 12.8 Å². The van der Waals surface area contributed by atoms with Gasteiger partial charge in [-0.2, -0.15) is 0 Å². The molecule has 1 amide bonds. The number of aromatic nitrogens is 4. The van der Waals surface area contributed by atoms with Crippen LogP contribution < -0.4 is 5.32 Å². The summed E-state index contributed by atoms with van der Waals surface area (Å²) in [5.74, 6) is -0.247. The van der Waals surface area contributed by atoms with Crippen molar-refractivity contribution in [3.8, 4) is 22.4 Å². The number of amides is 1. The van der Waals surface area contributed by atoms with Gasteiger partial charge in [0.15, 0.2) is 0 Å². The summed E-state index contributed by atoms with van der Waals surface area (Å²) in [6, 6.07) is 15.8. The summed E-state index contributed by atoms with van der Waals surface area (Å²) >= 11 is 0. The van der Waals surface area contributed by atoms with E-state index in [2.05, 4.69) is 24.8 Å². The topological polar surface area (TPSA) is 72.7 Å². The van der Waals surface area contributed by atoms with E-state index in [1.54, 1.807) is 24.7 Å². The van der Waals surface area contributed by atoms with Crippen LogP contribution in [0, 0.1) is 0 Å². The third kappa shape index (κ3) is 3.65. The Hall–Kier alpha value is -3.80. The number of rotatable bonds is 5. The zero-order valence-corrected chi connectivity index (χ0v) is 15.7. The molecule has 1 aliphatic carbocycles. The van der Waals surface area contributed by atoms with Gasteiger partial charge in [-0.3, -0.25) is 14.8 Å². The van der Waals surface area contributed by atoms with Crippen LogP contribution in [0.2, 0.25) is 0 Å². The summed E-state index contributed by atoms with van der Waals surface area (Å²) in [5, 5.41) is 2.96. The first-order valence-corrected chi connectivity index (χ1v) is 9.58. The molecular weight excluding hydrogens is 362 g/mol. The lowest BCUT2D eigenvalue weighted by molar-refractivity contribution is 0.102. The molecule has 0 unspecified atom stereocenters. The van der Waals surface area contributed by atoms with Gasteiger partial charge < -0.3 is 9.88 Å². The second kappa shape index (κ2) is 7.31. The standard InChI is InChI=1S/C23H19N5O/c29-23(21-12-16(8-10-26-21)18-4-2-9-24-13-18)27-19-5-1-3-17(11-19)22-14-25-15-28(22)20-6-7-20/h1-5,8-15,20H,6-7H2,(H,27,29). The van der Waals surface area contributed by atoms with Crippen molar-refractivity contribution in [2.45, 2.75) is 18.9 Å². The molecule has 29 heavy (non-hydrogen) atoms. The smallest absolute Gasteiger partial charge is 0.274 e. The van der Waals surface area contributed by atoms with Crippen molar-refractivity contribution in [1.29, 1.82) is 0 Å². The highest BCUT2D eigenvalue weighted by Gasteiger charge is 2.25. The molecule has 3 heterocycles. The quantitative estimate of drug-likeness (QED) is 0.549. The summed E-state index contributed by atoms with van der Waals surface area (Å²) in [6.45, 7) is 0. The number of anilines is 1. The van der Waals surface area contributed by atoms with Gasteiger partial charge in [-0.05, 0) is 48.7 Å². The maximum absolute atomic E-state index is 12.8. The minimum atomic E-state index is -0.247. The van der Waals surface area contributed by atoms with E-state index >= 15 is 0 Å². The number of nitrogens with one attached hydrogen (secondary N) is 1. The third-order valence-corrected chi connectivity index (χ3v) is 5.01. The lowest BCUT2D eigenvalue weighted by Crippen LogP contribution is -2.13. The first-order valence-electron chi connectivity index (χ1n) is 9.58. The Morgan fingerprint density at radius 2 is 1.83 bits per heavy atom. The molecule has 5 rings (SSSR count). The number of hydrogen-bond acceptors (Lipinski definition) is 4. The fraction of sp³-hybridized carbons (Fsp3) is 0.130. The van der Waals surface area contributed by atoms with Gasteiger partial charge in [-0.1, -0.05) is 18.2 Å². The van der Waals surface area contributed by atoms with Crippen LogP contribution >= 0.6 is 0 Å². The predicted molar refractivity (Wildman–Crippen MR) is 111 cm³/mol. The monoisotopic (exact) mass is 381 g/mol. The zero-order chi connectivity index (χ0) is 19.6. The zero-order valence-electron chi connectivity index (χ0n) is 15.7. The van der Waals surface area contributed by atoms with E-state index in [0.29, 0.717) is 11.7 Å². The number of nitrogens with zero attached hydrogens (tertiary/aromatic N) is 4. The van der Waals surface area contributed by atoms with Crippen molar-refractivity contribution in [2.75, 3.05) is 5.32 Å². The second-order valence-corrected chi connectivity index (χ2v) is 7.12. The van der Waals surface area contributed by atoms with Crippen LogP contribution in [0.25, 0.3) is 22.4 Å². The van der Waals surface area contributed by atoms with Crippen molar-refractivity contribution >= 4 is 11.6 Å². The number of hydrogen-bond donors (Lipinski definition) is 1. The average molecular weight is 381 g/mol. The van der Waals surface area contributed by atoms with Gasteiger partial charge in [-0.25, -0.2) is 4.98 Å². The van der Waals surface area contributed by atoms with Gasteiger partial charge >= 0.3 is 0 Å². The highest BCUT2D eigenvalue weighted by Crippen LogP contribution is 2.38. The van der Waals surface area contributed by atoms with Gasteiger partial charge in [0.1, 0.15) is 5.69 Å². The Balaban J connectivity index is 1.38. The van der Waals surface area contributed by atoms with Gasteiger partial charge in [0, 0.05) is 41.4 Å². The van der Waals surface area contributed by atoms with Crippen LogP contribution in [0.5, 0.6) is 0 Å². The number of pyridine rings is 2. The Morgan fingerprint density at radius 3 is 2.66 bits per heavy atom. The van der Waals surface area contributed by atoms with Crippen LogP contribution in [-0.2, 0) is 0 Å². The Kier molecular flexibility index (Phi) is 4.37. The summed E-state index contributed by atoms with van der Waals surface area (Å²) in [6.07, 6.45) is 11.3. The minimum absolute atomic E-state index is 0.247.